The second-order valence-corrected chi connectivity index (χ2v) is 5.29. The maximum atomic E-state index is 12.0. The van der Waals surface area contributed by atoms with Crippen molar-refractivity contribution in [2.45, 2.75) is 6.61 Å². The first-order valence-corrected chi connectivity index (χ1v) is 7.90. The molecule has 0 fully saturated rings. The Balaban J connectivity index is 1.51. The van der Waals surface area contributed by atoms with Crippen LogP contribution in [0.5, 0.6) is 11.5 Å². The lowest BCUT2D eigenvalue weighted by atomic mass is 10.3. The number of nitrogens with zero attached hydrogens (tertiary/aromatic N) is 1. The number of pyridine rings is 1. The molecule has 2 aromatic carbocycles. The minimum absolute atomic E-state index is 0.0525. The molecule has 0 unspecified atom stereocenters. The summed E-state index contributed by atoms with van der Waals surface area (Å²) >= 11 is 0. The van der Waals surface area contributed by atoms with Gasteiger partial charge in [-0.3, -0.25) is 9.78 Å². The zero-order valence-corrected chi connectivity index (χ0v) is 13.6. The molecule has 0 bridgehead atoms. The Kier molecular flexibility index (Phi) is 5.61. The number of hydrogen-bond donors (Lipinski definition) is 1. The number of carbonyl (C=O) groups is 1. The molecule has 25 heavy (non-hydrogen) atoms. The Bertz CT molecular complexity index is 807. The van der Waals surface area contributed by atoms with Crippen molar-refractivity contribution in [3.05, 3.63) is 84.7 Å². The highest BCUT2D eigenvalue weighted by atomic mass is 16.5. The van der Waals surface area contributed by atoms with Crippen molar-refractivity contribution in [2.75, 3.05) is 11.9 Å². The van der Waals surface area contributed by atoms with Crippen molar-refractivity contribution in [2.24, 2.45) is 0 Å². The summed E-state index contributed by atoms with van der Waals surface area (Å²) in [5, 5.41) is 2.79. The number of amides is 1. The predicted octanol–water partition coefficient (Wildman–Crippen LogP) is 3.68. The van der Waals surface area contributed by atoms with Gasteiger partial charge in [0.1, 0.15) is 18.1 Å². The largest absolute Gasteiger partial charge is 0.487 e. The van der Waals surface area contributed by atoms with Crippen molar-refractivity contribution >= 4 is 11.6 Å². The lowest BCUT2D eigenvalue weighted by Crippen LogP contribution is -2.20. The van der Waals surface area contributed by atoms with E-state index in [1.54, 1.807) is 30.5 Å². The van der Waals surface area contributed by atoms with Crippen molar-refractivity contribution in [1.82, 2.24) is 4.98 Å². The Morgan fingerprint density at radius 2 is 1.68 bits per heavy atom. The van der Waals surface area contributed by atoms with E-state index in [-0.39, 0.29) is 12.5 Å². The molecule has 0 aliphatic carbocycles. The fourth-order valence-corrected chi connectivity index (χ4v) is 2.17. The molecular formula is C20H18N2O3. The maximum absolute atomic E-state index is 12.0. The average molecular weight is 334 g/mol. The van der Waals surface area contributed by atoms with E-state index in [0.29, 0.717) is 23.8 Å². The van der Waals surface area contributed by atoms with Crippen LogP contribution in [-0.2, 0) is 11.4 Å². The highest BCUT2D eigenvalue weighted by Crippen LogP contribution is 2.18. The molecule has 0 aliphatic heterocycles. The molecule has 0 radical (unpaired) electrons. The topological polar surface area (TPSA) is 60.5 Å². The van der Waals surface area contributed by atoms with Gasteiger partial charge in [-0.2, -0.15) is 0 Å². The van der Waals surface area contributed by atoms with Gasteiger partial charge in [0.25, 0.3) is 5.91 Å². The van der Waals surface area contributed by atoms with Crippen LogP contribution >= 0.6 is 0 Å². The second-order valence-electron chi connectivity index (χ2n) is 5.29. The van der Waals surface area contributed by atoms with E-state index in [4.69, 9.17) is 9.47 Å². The second kappa shape index (κ2) is 8.49. The third kappa shape index (κ3) is 5.35. The van der Waals surface area contributed by atoms with Crippen LogP contribution in [0.3, 0.4) is 0 Å². The van der Waals surface area contributed by atoms with E-state index in [2.05, 4.69) is 10.3 Å². The Morgan fingerprint density at radius 3 is 2.48 bits per heavy atom. The van der Waals surface area contributed by atoms with Crippen LogP contribution in [0.4, 0.5) is 5.69 Å². The van der Waals surface area contributed by atoms with E-state index in [9.17, 15) is 4.79 Å². The van der Waals surface area contributed by atoms with Crippen molar-refractivity contribution in [3.8, 4) is 11.5 Å². The van der Waals surface area contributed by atoms with E-state index in [1.165, 1.54) is 0 Å². The predicted molar refractivity (Wildman–Crippen MR) is 95.6 cm³/mol. The Morgan fingerprint density at radius 1 is 0.880 bits per heavy atom. The summed E-state index contributed by atoms with van der Waals surface area (Å²) < 4.78 is 11.1. The quantitative estimate of drug-likeness (QED) is 0.716. The molecule has 0 aliphatic rings. The molecule has 0 spiro atoms. The highest BCUT2D eigenvalue weighted by molar-refractivity contribution is 5.92. The van der Waals surface area contributed by atoms with E-state index >= 15 is 0 Å². The van der Waals surface area contributed by atoms with Gasteiger partial charge < -0.3 is 14.8 Å². The first-order valence-electron chi connectivity index (χ1n) is 7.90. The smallest absolute Gasteiger partial charge is 0.262 e. The van der Waals surface area contributed by atoms with Crippen molar-refractivity contribution in [1.29, 1.82) is 0 Å². The number of benzene rings is 2. The molecule has 1 heterocycles. The van der Waals surface area contributed by atoms with Gasteiger partial charge in [-0.1, -0.05) is 30.3 Å². The molecular weight excluding hydrogens is 316 g/mol. The van der Waals surface area contributed by atoms with E-state index in [0.717, 1.165) is 5.69 Å². The zero-order valence-electron chi connectivity index (χ0n) is 13.6. The van der Waals surface area contributed by atoms with E-state index < -0.39 is 0 Å². The lowest BCUT2D eigenvalue weighted by Gasteiger charge is -2.10. The minimum Gasteiger partial charge on any atom is -0.487 e. The number of nitrogens with one attached hydrogen (secondary N) is 1. The third-order valence-electron chi connectivity index (χ3n) is 3.34. The number of para-hydroxylation sites is 1. The lowest BCUT2D eigenvalue weighted by molar-refractivity contribution is -0.118. The molecule has 5 heteroatoms. The first kappa shape index (κ1) is 16.5. The van der Waals surface area contributed by atoms with Gasteiger partial charge in [-0.05, 0) is 36.4 Å². The molecule has 0 saturated heterocycles. The molecule has 5 nitrogen and oxygen atoms in total. The fourth-order valence-electron chi connectivity index (χ4n) is 2.17. The summed E-state index contributed by atoms with van der Waals surface area (Å²) in [6.45, 7) is 0.318. The molecule has 3 rings (SSSR count). The van der Waals surface area contributed by atoms with Gasteiger partial charge in [-0.15, -0.1) is 0 Å². The average Bonchev–Trinajstić information content (AvgIpc) is 2.67. The molecule has 0 atom stereocenters. The number of aromatic nitrogens is 1. The summed E-state index contributed by atoms with van der Waals surface area (Å²) in [5.41, 5.74) is 1.49. The van der Waals surface area contributed by atoms with Crippen LogP contribution in [-0.4, -0.2) is 17.5 Å². The fraction of sp³-hybridized carbons (Fsp3) is 0.100. The third-order valence-corrected chi connectivity index (χ3v) is 3.34. The summed E-state index contributed by atoms with van der Waals surface area (Å²) in [5.74, 6) is 1.09. The van der Waals surface area contributed by atoms with Crippen molar-refractivity contribution in [3.63, 3.8) is 0 Å². The van der Waals surface area contributed by atoms with Gasteiger partial charge in [0.05, 0.1) is 5.69 Å². The van der Waals surface area contributed by atoms with Crippen LogP contribution in [0.25, 0.3) is 0 Å². The Labute approximate surface area is 146 Å². The number of anilines is 1. The van der Waals surface area contributed by atoms with Crippen LogP contribution in [0.15, 0.2) is 79.0 Å². The molecule has 0 saturated carbocycles. The number of ether oxygens (including phenoxy) is 2. The van der Waals surface area contributed by atoms with Crippen molar-refractivity contribution < 1.29 is 14.3 Å². The number of hydrogen-bond acceptors (Lipinski definition) is 4. The molecule has 1 N–H and O–H groups in total. The van der Waals surface area contributed by atoms with Gasteiger partial charge >= 0.3 is 0 Å². The zero-order chi connectivity index (χ0) is 17.3. The molecule has 1 aromatic heterocycles. The summed E-state index contributed by atoms with van der Waals surface area (Å²) in [4.78, 5) is 16.2. The van der Waals surface area contributed by atoms with Gasteiger partial charge in [0, 0.05) is 18.0 Å². The van der Waals surface area contributed by atoms with Gasteiger partial charge in [-0.25, -0.2) is 0 Å². The van der Waals surface area contributed by atoms with E-state index in [1.807, 2.05) is 48.5 Å². The van der Waals surface area contributed by atoms with Crippen LogP contribution in [0.1, 0.15) is 5.69 Å². The monoisotopic (exact) mass is 334 g/mol. The van der Waals surface area contributed by atoms with Gasteiger partial charge in [0.2, 0.25) is 0 Å². The SMILES string of the molecule is O=C(COc1ccccc1)Nc1cccc(OCc2ccccn2)c1. The Hall–Kier alpha value is -3.34. The first-order chi connectivity index (χ1) is 12.3. The number of rotatable bonds is 7. The number of carbonyl (C=O) groups excluding carboxylic acids is 1. The van der Waals surface area contributed by atoms with Crippen LogP contribution < -0.4 is 14.8 Å². The summed E-state index contributed by atoms with van der Waals surface area (Å²) in [6, 6.07) is 22.1. The summed E-state index contributed by atoms with van der Waals surface area (Å²) in [7, 11) is 0. The minimum atomic E-state index is -0.231. The summed E-state index contributed by atoms with van der Waals surface area (Å²) in [6.07, 6.45) is 1.72. The molecule has 126 valence electrons. The molecule has 3 aromatic rings. The maximum Gasteiger partial charge on any atom is 0.262 e. The molecule has 1 amide bonds. The highest BCUT2D eigenvalue weighted by Gasteiger charge is 2.05. The van der Waals surface area contributed by atoms with Crippen LogP contribution in [0, 0.1) is 0 Å². The van der Waals surface area contributed by atoms with Gasteiger partial charge in [0.15, 0.2) is 6.61 Å². The standard InChI is InChI=1S/C20H18N2O3/c23-20(15-25-18-9-2-1-3-10-18)22-16-8-6-11-19(13-16)24-14-17-7-4-5-12-21-17/h1-13H,14-15H2,(H,22,23). The van der Waals surface area contributed by atoms with Crippen LogP contribution in [0.2, 0.25) is 0 Å². The normalized spacial score (nSPS) is 10.1.